The zero-order chi connectivity index (χ0) is 19.4. The summed E-state index contributed by atoms with van der Waals surface area (Å²) < 4.78 is 5.64. The first-order chi connectivity index (χ1) is 13.0. The summed E-state index contributed by atoms with van der Waals surface area (Å²) in [6, 6.07) is 14.2. The van der Waals surface area contributed by atoms with E-state index in [0.717, 1.165) is 5.56 Å². The van der Waals surface area contributed by atoms with E-state index < -0.39 is 0 Å². The number of primary amides is 1. The van der Waals surface area contributed by atoms with E-state index in [4.69, 9.17) is 10.5 Å². The van der Waals surface area contributed by atoms with Crippen molar-refractivity contribution < 1.29 is 19.1 Å². The molecule has 0 aliphatic carbocycles. The second kappa shape index (κ2) is 8.03. The highest BCUT2D eigenvalue weighted by molar-refractivity contribution is 6.21. The van der Waals surface area contributed by atoms with E-state index in [1.807, 2.05) is 37.6 Å². The van der Waals surface area contributed by atoms with Gasteiger partial charge in [-0.15, -0.1) is 0 Å². The number of nitrogens with two attached hydrogens (primary N) is 1. The van der Waals surface area contributed by atoms with Crippen molar-refractivity contribution in [2.75, 3.05) is 13.2 Å². The van der Waals surface area contributed by atoms with Gasteiger partial charge < -0.3 is 10.5 Å². The maximum atomic E-state index is 12.3. The molecule has 1 aliphatic heterocycles. The number of ether oxygens (including phenoxy) is 1. The van der Waals surface area contributed by atoms with E-state index in [9.17, 15) is 14.4 Å². The number of carbonyl (C=O) groups is 3. The standard InChI is InChI=1S/C21H21N2O4/c1-14(12-19(22)24)13-27-16-8-6-15(7-9-16)10-11-23-20(25)17-4-2-3-5-18(17)21(23)26/h2-10,14H,11-13H2,1H3,(H2,22,24)/t14-/m0/s1. The Bertz CT molecular complexity index is 826. The Morgan fingerprint density at radius 2 is 1.67 bits per heavy atom. The fourth-order valence-electron chi connectivity index (χ4n) is 2.94. The van der Waals surface area contributed by atoms with Gasteiger partial charge in [-0.2, -0.15) is 0 Å². The Balaban J connectivity index is 1.53. The molecular weight excluding hydrogens is 344 g/mol. The third-order valence-electron chi connectivity index (χ3n) is 4.35. The van der Waals surface area contributed by atoms with Crippen LogP contribution in [0.5, 0.6) is 5.75 Å². The molecule has 6 heteroatoms. The van der Waals surface area contributed by atoms with Gasteiger partial charge in [-0.3, -0.25) is 19.3 Å². The zero-order valence-electron chi connectivity index (χ0n) is 15.1. The maximum Gasteiger partial charge on any atom is 0.261 e. The van der Waals surface area contributed by atoms with Crippen molar-refractivity contribution in [3.63, 3.8) is 0 Å². The fraction of sp³-hybridized carbons (Fsp3) is 0.238. The molecule has 0 aromatic heterocycles. The molecule has 0 spiro atoms. The number of carbonyl (C=O) groups excluding carboxylic acids is 3. The molecule has 1 radical (unpaired) electrons. The van der Waals surface area contributed by atoms with Crippen LogP contribution >= 0.6 is 0 Å². The van der Waals surface area contributed by atoms with E-state index in [1.54, 1.807) is 24.3 Å². The van der Waals surface area contributed by atoms with Crippen LogP contribution in [0.15, 0.2) is 48.5 Å². The van der Waals surface area contributed by atoms with Crippen LogP contribution in [0, 0.1) is 12.3 Å². The van der Waals surface area contributed by atoms with E-state index >= 15 is 0 Å². The van der Waals surface area contributed by atoms with Gasteiger partial charge in [0, 0.05) is 19.4 Å². The number of fused-ring (bicyclic) bond motifs is 1. The molecule has 3 amide bonds. The maximum absolute atomic E-state index is 12.3. The molecule has 0 saturated heterocycles. The lowest BCUT2D eigenvalue weighted by Crippen LogP contribution is -2.31. The van der Waals surface area contributed by atoms with E-state index in [2.05, 4.69) is 0 Å². The number of hydrogen-bond donors (Lipinski definition) is 1. The Labute approximate surface area is 157 Å². The molecule has 27 heavy (non-hydrogen) atoms. The highest BCUT2D eigenvalue weighted by Gasteiger charge is 2.34. The van der Waals surface area contributed by atoms with Gasteiger partial charge in [-0.1, -0.05) is 31.2 Å². The summed E-state index contributed by atoms with van der Waals surface area (Å²) >= 11 is 0. The van der Waals surface area contributed by atoms with Crippen molar-refractivity contribution in [2.45, 2.75) is 13.3 Å². The molecule has 0 unspecified atom stereocenters. The monoisotopic (exact) mass is 365 g/mol. The van der Waals surface area contributed by atoms with Gasteiger partial charge >= 0.3 is 0 Å². The minimum Gasteiger partial charge on any atom is -0.493 e. The fourth-order valence-corrected chi connectivity index (χ4v) is 2.94. The first-order valence-corrected chi connectivity index (χ1v) is 8.75. The molecule has 139 valence electrons. The Kier molecular flexibility index (Phi) is 5.54. The molecule has 0 fully saturated rings. The zero-order valence-corrected chi connectivity index (χ0v) is 15.1. The molecule has 1 aliphatic rings. The van der Waals surface area contributed by atoms with E-state index in [1.165, 1.54) is 4.90 Å². The van der Waals surface area contributed by atoms with Gasteiger partial charge in [-0.05, 0) is 35.7 Å². The SMILES string of the molecule is C[C@H](COc1ccc([CH]CN2C(=O)c3ccccc3C2=O)cc1)CC(N)=O. The lowest BCUT2D eigenvalue weighted by Gasteiger charge is -2.14. The molecule has 3 rings (SSSR count). The third-order valence-corrected chi connectivity index (χ3v) is 4.35. The number of hydrogen-bond acceptors (Lipinski definition) is 4. The quantitative estimate of drug-likeness (QED) is 0.728. The molecule has 2 N–H and O–H groups in total. The Morgan fingerprint density at radius 1 is 1.07 bits per heavy atom. The number of amides is 3. The molecule has 6 nitrogen and oxygen atoms in total. The van der Waals surface area contributed by atoms with Crippen molar-refractivity contribution in [1.29, 1.82) is 0 Å². The second-order valence-corrected chi connectivity index (χ2v) is 6.63. The molecule has 1 atom stereocenters. The number of imide groups is 1. The van der Waals surface area contributed by atoms with Crippen molar-refractivity contribution >= 4 is 17.7 Å². The van der Waals surface area contributed by atoms with Crippen molar-refractivity contribution in [3.05, 3.63) is 71.6 Å². The van der Waals surface area contributed by atoms with Crippen LogP contribution in [-0.4, -0.2) is 35.8 Å². The summed E-state index contributed by atoms with van der Waals surface area (Å²) in [6.45, 7) is 2.51. The predicted octanol–water partition coefficient (Wildman–Crippen LogP) is 2.43. The van der Waals surface area contributed by atoms with Crippen LogP contribution in [0.2, 0.25) is 0 Å². The predicted molar refractivity (Wildman–Crippen MR) is 100 cm³/mol. The summed E-state index contributed by atoms with van der Waals surface area (Å²) in [7, 11) is 0. The minimum absolute atomic E-state index is 0.0440. The van der Waals surface area contributed by atoms with Gasteiger partial charge in [0.1, 0.15) is 5.75 Å². The van der Waals surface area contributed by atoms with Crippen molar-refractivity contribution in [1.82, 2.24) is 4.90 Å². The summed E-state index contributed by atoms with van der Waals surface area (Å²) in [5.41, 5.74) is 6.94. The minimum atomic E-state index is -0.343. The summed E-state index contributed by atoms with van der Waals surface area (Å²) in [5, 5.41) is 0. The van der Waals surface area contributed by atoms with Crippen LogP contribution in [0.1, 0.15) is 39.6 Å². The van der Waals surface area contributed by atoms with Crippen LogP contribution in [0.3, 0.4) is 0 Å². The highest BCUT2D eigenvalue weighted by atomic mass is 16.5. The Morgan fingerprint density at radius 3 is 2.22 bits per heavy atom. The lowest BCUT2D eigenvalue weighted by molar-refractivity contribution is -0.119. The van der Waals surface area contributed by atoms with Crippen molar-refractivity contribution in [3.8, 4) is 5.75 Å². The summed E-state index contributed by atoms with van der Waals surface area (Å²) in [6.07, 6.45) is 2.10. The van der Waals surface area contributed by atoms with Crippen LogP contribution in [-0.2, 0) is 4.79 Å². The summed E-state index contributed by atoms with van der Waals surface area (Å²) in [5.74, 6) is -0.151. The van der Waals surface area contributed by atoms with Gasteiger partial charge in [-0.25, -0.2) is 0 Å². The molecule has 0 bridgehead atoms. The number of benzene rings is 2. The number of nitrogens with zero attached hydrogens (tertiary/aromatic N) is 1. The lowest BCUT2D eigenvalue weighted by atomic mass is 10.1. The van der Waals surface area contributed by atoms with Crippen LogP contribution in [0.4, 0.5) is 0 Å². The average Bonchev–Trinajstić information content (AvgIpc) is 2.90. The first kappa shape index (κ1) is 18.6. The van der Waals surface area contributed by atoms with Gasteiger partial charge in [0.15, 0.2) is 0 Å². The van der Waals surface area contributed by atoms with Crippen molar-refractivity contribution in [2.24, 2.45) is 11.7 Å². The molecular formula is C21H21N2O4. The molecule has 1 heterocycles. The summed E-state index contributed by atoms with van der Waals surface area (Å²) in [4.78, 5) is 36.8. The number of rotatable bonds is 8. The van der Waals surface area contributed by atoms with Crippen LogP contribution < -0.4 is 10.5 Å². The molecule has 2 aromatic rings. The largest absolute Gasteiger partial charge is 0.493 e. The van der Waals surface area contributed by atoms with Gasteiger partial charge in [0.25, 0.3) is 11.8 Å². The average molecular weight is 365 g/mol. The molecule has 0 saturated carbocycles. The van der Waals surface area contributed by atoms with Crippen LogP contribution in [0.25, 0.3) is 0 Å². The normalized spacial score (nSPS) is 14.2. The first-order valence-electron chi connectivity index (χ1n) is 8.75. The smallest absolute Gasteiger partial charge is 0.261 e. The van der Waals surface area contributed by atoms with Gasteiger partial charge in [0.05, 0.1) is 17.7 Å². The third kappa shape index (κ3) is 4.34. The highest BCUT2D eigenvalue weighted by Crippen LogP contribution is 2.23. The second-order valence-electron chi connectivity index (χ2n) is 6.63. The molecule has 2 aromatic carbocycles. The van der Waals surface area contributed by atoms with E-state index in [0.29, 0.717) is 23.5 Å². The van der Waals surface area contributed by atoms with Gasteiger partial charge in [0.2, 0.25) is 5.91 Å². The van der Waals surface area contributed by atoms with E-state index in [-0.39, 0.29) is 36.6 Å². The topological polar surface area (TPSA) is 89.7 Å². The Hall–Kier alpha value is -3.15.